The van der Waals surface area contributed by atoms with Gasteiger partial charge in [0.1, 0.15) is 11.6 Å². The Hall–Kier alpha value is -4.71. The number of hydrogen-bond donors (Lipinski definition) is 1. The number of aromatic nitrogens is 1. The van der Waals surface area contributed by atoms with Crippen LogP contribution in [0.4, 0.5) is 10.1 Å². The first-order valence-corrected chi connectivity index (χ1v) is 10.6. The molecule has 0 spiro atoms. The van der Waals surface area contributed by atoms with Crippen molar-refractivity contribution >= 4 is 11.6 Å². The van der Waals surface area contributed by atoms with Gasteiger partial charge in [-0.25, -0.2) is 9.37 Å². The zero-order chi connectivity index (χ0) is 23.3. The highest BCUT2D eigenvalue weighted by Crippen LogP contribution is 2.32. The van der Waals surface area contributed by atoms with Gasteiger partial charge >= 0.3 is 0 Å². The molecule has 0 saturated carbocycles. The molecule has 1 aromatic heterocycles. The van der Waals surface area contributed by atoms with Gasteiger partial charge in [0.2, 0.25) is 5.89 Å². The zero-order valence-corrected chi connectivity index (χ0v) is 17.9. The fourth-order valence-electron chi connectivity index (χ4n) is 3.48. The minimum atomic E-state index is -0.332. The second-order valence-corrected chi connectivity index (χ2v) is 7.45. The van der Waals surface area contributed by atoms with Gasteiger partial charge < -0.3 is 14.5 Å². The molecule has 4 aromatic carbocycles. The average Bonchev–Trinajstić information content (AvgIpc) is 3.36. The van der Waals surface area contributed by atoms with Crippen LogP contribution in [-0.4, -0.2) is 10.9 Å². The van der Waals surface area contributed by atoms with E-state index in [0.29, 0.717) is 45.5 Å². The molecule has 0 atom stereocenters. The number of rotatable bonds is 6. The quantitative estimate of drug-likeness (QED) is 0.297. The van der Waals surface area contributed by atoms with Gasteiger partial charge in [0.15, 0.2) is 11.5 Å². The Morgan fingerprint density at radius 1 is 0.824 bits per heavy atom. The Kier molecular flexibility index (Phi) is 5.86. The first-order chi connectivity index (χ1) is 16.7. The molecule has 0 bridgehead atoms. The molecule has 0 unspecified atom stereocenters. The Bertz CT molecular complexity index is 1430. The molecular weight excluding hydrogens is 431 g/mol. The highest BCUT2D eigenvalue weighted by atomic mass is 19.1. The van der Waals surface area contributed by atoms with Crippen LogP contribution in [0.1, 0.15) is 10.4 Å². The lowest BCUT2D eigenvalue weighted by molar-refractivity contribution is 0.102. The molecule has 0 radical (unpaired) electrons. The van der Waals surface area contributed by atoms with E-state index >= 15 is 0 Å². The number of ether oxygens (including phenoxy) is 1. The van der Waals surface area contributed by atoms with Crippen LogP contribution in [0.2, 0.25) is 0 Å². The minimum Gasteiger partial charge on any atom is -0.455 e. The van der Waals surface area contributed by atoms with Crippen molar-refractivity contribution in [2.45, 2.75) is 0 Å². The van der Waals surface area contributed by atoms with Gasteiger partial charge in [0.25, 0.3) is 5.91 Å². The molecule has 6 heteroatoms. The standard InChI is InChI=1S/C28H19FN2O3/c29-20-16-14-19(15-17-20)26-18-30-28(34-26)23-11-5-4-10-22(23)27(32)31-24-12-6-7-13-25(24)33-21-8-2-1-3-9-21/h1-18H,(H,31,32). The number of anilines is 1. The first kappa shape index (κ1) is 21.2. The van der Waals surface area contributed by atoms with Crippen LogP contribution in [0.3, 0.4) is 0 Å². The number of carbonyl (C=O) groups is 1. The number of carbonyl (C=O) groups excluding carboxylic acids is 1. The third-order valence-electron chi connectivity index (χ3n) is 5.14. The van der Waals surface area contributed by atoms with Gasteiger partial charge in [0.05, 0.1) is 17.4 Å². The van der Waals surface area contributed by atoms with Crippen LogP contribution >= 0.6 is 0 Å². The van der Waals surface area contributed by atoms with Crippen molar-refractivity contribution < 1.29 is 18.3 Å². The fraction of sp³-hybridized carbons (Fsp3) is 0. The summed E-state index contributed by atoms with van der Waals surface area (Å²) in [7, 11) is 0. The highest BCUT2D eigenvalue weighted by molar-refractivity contribution is 6.08. The van der Waals surface area contributed by atoms with Crippen molar-refractivity contribution in [3.63, 3.8) is 0 Å². The molecule has 0 aliphatic rings. The molecular formula is C28H19FN2O3. The van der Waals surface area contributed by atoms with E-state index in [-0.39, 0.29) is 11.7 Å². The van der Waals surface area contributed by atoms with E-state index in [1.54, 1.807) is 54.7 Å². The van der Waals surface area contributed by atoms with Crippen molar-refractivity contribution in [2.24, 2.45) is 0 Å². The van der Waals surface area contributed by atoms with Crippen LogP contribution < -0.4 is 10.1 Å². The molecule has 1 amide bonds. The normalized spacial score (nSPS) is 10.6. The Morgan fingerprint density at radius 2 is 1.53 bits per heavy atom. The molecule has 0 fully saturated rings. The lowest BCUT2D eigenvalue weighted by Gasteiger charge is -2.13. The lowest BCUT2D eigenvalue weighted by atomic mass is 10.1. The fourth-order valence-corrected chi connectivity index (χ4v) is 3.48. The number of halogens is 1. The monoisotopic (exact) mass is 450 g/mol. The second kappa shape index (κ2) is 9.42. The van der Waals surface area contributed by atoms with E-state index in [4.69, 9.17) is 9.15 Å². The van der Waals surface area contributed by atoms with Crippen molar-refractivity contribution in [2.75, 3.05) is 5.32 Å². The Balaban J connectivity index is 1.42. The van der Waals surface area contributed by atoms with E-state index in [0.717, 1.165) is 0 Å². The smallest absolute Gasteiger partial charge is 0.256 e. The van der Waals surface area contributed by atoms with Gasteiger partial charge in [-0.1, -0.05) is 42.5 Å². The topological polar surface area (TPSA) is 64.4 Å². The number of para-hydroxylation sites is 3. The van der Waals surface area contributed by atoms with Crippen LogP contribution in [-0.2, 0) is 0 Å². The summed E-state index contributed by atoms with van der Waals surface area (Å²) in [6.45, 7) is 0. The van der Waals surface area contributed by atoms with Crippen LogP contribution in [0.25, 0.3) is 22.8 Å². The Morgan fingerprint density at radius 3 is 2.35 bits per heavy atom. The Labute approximate surface area is 195 Å². The van der Waals surface area contributed by atoms with E-state index in [9.17, 15) is 9.18 Å². The lowest BCUT2D eigenvalue weighted by Crippen LogP contribution is -2.13. The maximum atomic E-state index is 13.2. The minimum absolute atomic E-state index is 0.291. The summed E-state index contributed by atoms with van der Waals surface area (Å²) in [4.78, 5) is 17.6. The summed E-state index contributed by atoms with van der Waals surface area (Å²) in [6.07, 6.45) is 1.56. The summed E-state index contributed by atoms with van der Waals surface area (Å²) in [6, 6.07) is 29.6. The number of benzene rings is 4. The first-order valence-electron chi connectivity index (χ1n) is 10.6. The van der Waals surface area contributed by atoms with Crippen molar-refractivity contribution in [1.29, 1.82) is 0 Å². The van der Waals surface area contributed by atoms with Crippen LogP contribution in [0.15, 0.2) is 114 Å². The number of hydrogen-bond acceptors (Lipinski definition) is 4. The average molecular weight is 450 g/mol. The molecule has 0 aliphatic carbocycles. The molecule has 5 nitrogen and oxygen atoms in total. The molecule has 0 saturated heterocycles. The number of amides is 1. The van der Waals surface area contributed by atoms with Crippen molar-refractivity contribution in [1.82, 2.24) is 4.98 Å². The van der Waals surface area contributed by atoms with Crippen LogP contribution in [0, 0.1) is 5.82 Å². The zero-order valence-electron chi connectivity index (χ0n) is 17.9. The third kappa shape index (κ3) is 4.56. The second-order valence-electron chi connectivity index (χ2n) is 7.45. The molecule has 1 heterocycles. The van der Waals surface area contributed by atoms with E-state index in [2.05, 4.69) is 10.3 Å². The maximum Gasteiger partial charge on any atom is 0.256 e. The van der Waals surface area contributed by atoms with Crippen LogP contribution in [0.5, 0.6) is 11.5 Å². The van der Waals surface area contributed by atoms with E-state index in [1.165, 1.54) is 12.1 Å². The summed E-state index contributed by atoms with van der Waals surface area (Å²) in [5.41, 5.74) is 2.15. The highest BCUT2D eigenvalue weighted by Gasteiger charge is 2.18. The van der Waals surface area contributed by atoms with Crippen molar-refractivity contribution in [3.8, 4) is 34.3 Å². The summed E-state index contributed by atoms with van der Waals surface area (Å²) >= 11 is 0. The SMILES string of the molecule is O=C(Nc1ccccc1Oc1ccccc1)c1ccccc1-c1ncc(-c2ccc(F)cc2)o1. The number of oxazole rings is 1. The molecule has 5 rings (SSSR count). The van der Waals surface area contributed by atoms with E-state index < -0.39 is 0 Å². The largest absolute Gasteiger partial charge is 0.455 e. The van der Waals surface area contributed by atoms with E-state index in [1.807, 2.05) is 42.5 Å². The summed E-state index contributed by atoms with van der Waals surface area (Å²) < 4.78 is 25.1. The summed E-state index contributed by atoms with van der Waals surface area (Å²) in [5.74, 6) is 1.29. The van der Waals surface area contributed by atoms with Gasteiger partial charge in [0, 0.05) is 11.1 Å². The molecule has 5 aromatic rings. The predicted octanol–water partition coefficient (Wildman–Crippen LogP) is 7.19. The molecule has 1 N–H and O–H groups in total. The molecule has 34 heavy (non-hydrogen) atoms. The third-order valence-corrected chi connectivity index (χ3v) is 5.14. The molecule has 0 aliphatic heterocycles. The summed E-state index contributed by atoms with van der Waals surface area (Å²) in [5, 5.41) is 2.93. The number of nitrogens with one attached hydrogen (secondary N) is 1. The number of nitrogens with zero attached hydrogens (tertiary/aromatic N) is 1. The maximum absolute atomic E-state index is 13.2. The predicted molar refractivity (Wildman–Crippen MR) is 128 cm³/mol. The van der Waals surface area contributed by atoms with Gasteiger partial charge in [-0.15, -0.1) is 0 Å². The van der Waals surface area contributed by atoms with Gasteiger partial charge in [-0.3, -0.25) is 4.79 Å². The van der Waals surface area contributed by atoms with Crippen molar-refractivity contribution in [3.05, 3.63) is 121 Å². The molecule has 166 valence electrons. The van der Waals surface area contributed by atoms with Gasteiger partial charge in [-0.05, 0) is 60.7 Å². The van der Waals surface area contributed by atoms with Gasteiger partial charge in [-0.2, -0.15) is 0 Å².